The number of imidazole rings is 1. The second-order valence-corrected chi connectivity index (χ2v) is 7.45. The summed E-state index contributed by atoms with van der Waals surface area (Å²) in [5.41, 5.74) is -0.857. The lowest BCUT2D eigenvalue weighted by atomic mass is 9.90. The summed E-state index contributed by atoms with van der Waals surface area (Å²) in [4.78, 5) is 40.2. The zero-order valence-corrected chi connectivity index (χ0v) is 17.9. The second-order valence-electron chi connectivity index (χ2n) is 7.45. The van der Waals surface area contributed by atoms with Crippen LogP contribution in [0.1, 0.15) is 34.5 Å². The van der Waals surface area contributed by atoms with E-state index in [0.717, 1.165) is 0 Å². The van der Waals surface area contributed by atoms with E-state index >= 15 is 0 Å². The molecule has 172 valence electrons. The van der Waals surface area contributed by atoms with Gasteiger partial charge in [0, 0.05) is 17.4 Å². The van der Waals surface area contributed by atoms with Crippen LogP contribution in [0.25, 0.3) is 0 Å². The molecule has 0 unspecified atom stereocenters. The van der Waals surface area contributed by atoms with Gasteiger partial charge in [-0.05, 0) is 25.1 Å². The predicted molar refractivity (Wildman–Crippen MR) is 115 cm³/mol. The minimum atomic E-state index is -1.39. The van der Waals surface area contributed by atoms with E-state index in [-0.39, 0.29) is 46.7 Å². The van der Waals surface area contributed by atoms with Crippen LogP contribution in [-0.4, -0.2) is 49.6 Å². The first-order valence-corrected chi connectivity index (χ1v) is 9.77. The number of nitrogens with one attached hydrogen (secondary N) is 2. The third-order valence-corrected chi connectivity index (χ3v) is 5.04. The Bertz CT molecular complexity index is 1360. The number of methoxy groups -OCH3 is 1. The van der Waals surface area contributed by atoms with Crippen molar-refractivity contribution in [3.05, 3.63) is 65.4 Å². The van der Waals surface area contributed by atoms with Gasteiger partial charge < -0.3 is 19.7 Å². The molecular weight excluding hydrogens is 447 g/mol. The van der Waals surface area contributed by atoms with Crippen LogP contribution in [0.15, 0.2) is 41.8 Å². The smallest absolute Gasteiger partial charge is 0.410 e. The highest BCUT2D eigenvalue weighted by atomic mass is 19.1. The van der Waals surface area contributed by atoms with Crippen molar-refractivity contribution in [2.24, 2.45) is 4.99 Å². The third kappa shape index (κ3) is 4.24. The molecule has 3 aromatic rings. The zero-order chi connectivity index (χ0) is 24.5. The number of carboxylic acid groups (broad SMARTS) is 1. The van der Waals surface area contributed by atoms with E-state index in [1.807, 2.05) is 6.07 Å². The maximum atomic E-state index is 14.9. The number of amidine groups is 1. The molecular formula is C21H17FN8O4. The number of aromatic nitrogens is 4. The Hall–Kier alpha value is -4.86. The van der Waals surface area contributed by atoms with Gasteiger partial charge in [-0.15, -0.1) is 0 Å². The zero-order valence-electron chi connectivity index (χ0n) is 17.9. The molecule has 0 saturated carbocycles. The highest BCUT2D eigenvalue weighted by Gasteiger charge is 2.37. The Morgan fingerprint density at radius 1 is 1.29 bits per heavy atom. The number of hydrogen-bond donors (Lipinski definition) is 3. The second kappa shape index (κ2) is 8.58. The SMILES string of the molecule is COc1cnc(C(=O)Nc2ccc(F)c([C@]3(C)Cn4cc(C#N)nc4C(NC(=O)O)=N3)c2)cn1. The summed E-state index contributed by atoms with van der Waals surface area (Å²) >= 11 is 0. The number of fused-ring (bicyclic) bond motifs is 1. The molecule has 12 nitrogen and oxygen atoms in total. The molecule has 13 heteroatoms. The lowest BCUT2D eigenvalue weighted by Gasteiger charge is -2.32. The van der Waals surface area contributed by atoms with E-state index in [9.17, 15) is 24.3 Å². The van der Waals surface area contributed by atoms with Crippen molar-refractivity contribution >= 4 is 23.5 Å². The minimum Gasteiger partial charge on any atom is -0.480 e. The Kier molecular flexibility index (Phi) is 5.64. The minimum absolute atomic E-state index is 0.0219. The lowest BCUT2D eigenvalue weighted by Crippen LogP contribution is -2.41. The summed E-state index contributed by atoms with van der Waals surface area (Å²) in [6, 6.07) is 5.83. The predicted octanol–water partition coefficient (Wildman–Crippen LogP) is 1.89. The third-order valence-electron chi connectivity index (χ3n) is 5.04. The number of carbonyl (C=O) groups is 2. The molecule has 0 saturated heterocycles. The van der Waals surface area contributed by atoms with Crippen molar-refractivity contribution < 1.29 is 23.8 Å². The maximum Gasteiger partial charge on any atom is 0.410 e. The van der Waals surface area contributed by atoms with Crippen LogP contribution in [0.2, 0.25) is 0 Å². The van der Waals surface area contributed by atoms with E-state index in [4.69, 9.17) is 4.74 Å². The van der Waals surface area contributed by atoms with Crippen molar-refractivity contribution in [1.82, 2.24) is 24.8 Å². The number of rotatable bonds is 4. The van der Waals surface area contributed by atoms with Crippen LogP contribution >= 0.6 is 0 Å². The molecule has 34 heavy (non-hydrogen) atoms. The quantitative estimate of drug-likeness (QED) is 0.526. The average Bonchev–Trinajstić information content (AvgIpc) is 3.23. The van der Waals surface area contributed by atoms with E-state index in [2.05, 4.69) is 30.6 Å². The molecule has 0 aliphatic carbocycles. The van der Waals surface area contributed by atoms with Crippen molar-refractivity contribution in [1.29, 1.82) is 5.26 Å². The van der Waals surface area contributed by atoms with Crippen molar-refractivity contribution in [3.8, 4) is 11.9 Å². The molecule has 3 heterocycles. The van der Waals surface area contributed by atoms with Crippen LogP contribution < -0.4 is 15.4 Å². The molecule has 0 fully saturated rings. The van der Waals surface area contributed by atoms with Gasteiger partial charge in [-0.1, -0.05) is 0 Å². The molecule has 0 bridgehead atoms. The van der Waals surface area contributed by atoms with Crippen molar-refractivity contribution in [2.45, 2.75) is 19.0 Å². The number of benzene rings is 1. The Labute approximate surface area is 191 Å². The standard InChI is InChI=1S/C21H17FN8O4/c1-21(10-30-9-12(6-23)26-18(30)17(29-21)28-20(32)33)13-5-11(3-4-14(13)22)27-19(31)15-7-25-16(34-2)8-24-15/h3-5,7-9H,10H2,1-2H3,(H,27,31)(H,28,29)(H,32,33)/t21-/m0/s1. The molecule has 1 aliphatic rings. The van der Waals surface area contributed by atoms with Crippen LogP contribution in [-0.2, 0) is 12.1 Å². The summed E-state index contributed by atoms with van der Waals surface area (Å²) in [6.07, 6.45) is 2.57. The van der Waals surface area contributed by atoms with Crippen LogP contribution in [0.3, 0.4) is 0 Å². The summed E-state index contributed by atoms with van der Waals surface area (Å²) in [5.74, 6) is -0.946. The fourth-order valence-corrected chi connectivity index (χ4v) is 3.52. The first kappa shape index (κ1) is 22.3. The summed E-state index contributed by atoms with van der Waals surface area (Å²) in [7, 11) is 1.42. The number of carbonyl (C=O) groups excluding carboxylic acids is 1. The topological polar surface area (TPSA) is 167 Å². The van der Waals surface area contributed by atoms with Crippen LogP contribution in [0, 0.1) is 17.1 Å². The molecule has 3 N–H and O–H groups in total. The Balaban J connectivity index is 1.69. The fourth-order valence-electron chi connectivity index (χ4n) is 3.52. The van der Waals surface area contributed by atoms with E-state index < -0.39 is 23.4 Å². The highest BCUT2D eigenvalue weighted by molar-refractivity contribution is 6.05. The fraction of sp³-hybridized carbons (Fsp3) is 0.190. The van der Waals surface area contributed by atoms with Crippen molar-refractivity contribution in [3.63, 3.8) is 0 Å². The molecule has 0 spiro atoms. The van der Waals surface area contributed by atoms with Gasteiger partial charge in [0.25, 0.3) is 5.91 Å². The summed E-state index contributed by atoms with van der Waals surface area (Å²) < 4.78 is 21.4. The van der Waals surface area contributed by atoms with E-state index in [1.165, 1.54) is 48.5 Å². The monoisotopic (exact) mass is 464 g/mol. The highest BCUT2D eigenvalue weighted by Crippen LogP contribution is 2.35. The number of ether oxygens (including phenoxy) is 1. The number of nitrogens with zero attached hydrogens (tertiary/aromatic N) is 6. The Morgan fingerprint density at radius 3 is 2.74 bits per heavy atom. The number of hydrogen-bond acceptors (Lipinski definition) is 8. The van der Waals surface area contributed by atoms with E-state index in [0.29, 0.717) is 0 Å². The normalized spacial score (nSPS) is 16.6. The molecule has 4 rings (SSSR count). The van der Waals surface area contributed by atoms with Gasteiger partial charge in [0.15, 0.2) is 17.4 Å². The van der Waals surface area contributed by atoms with Gasteiger partial charge >= 0.3 is 6.09 Å². The van der Waals surface area contributed by atoms with Crippen LogP contribution in [0.5, 0.6) is 5.88 Å². The van der Waals surface area contributed by atoms with Crippen LogP contribution in [0.4, 0.5) is 14.9 Å². The average molecular weight is 464 g/mol. The molecule has 2 aromatic heterocycles. The first-order chi connectivity index (χ1) is 16.2. The molecule has 1 aliphatic heterocycles. The maximum absolute atomic E-state index is 14.9. The van der Waals surface area contributed by atoms with Gasteiger partial charge in [0.1, 0.15) is 23.1 Å². The number of halogens is 1. The molecule has 0 radical (unpaired) electrons. The lowest BCUT2D eigenvalue weighted by molar-refractivity contribution is 0.102. The largest absolute Gasteiger partial charge is 0.480 e. The molecule has 1 aromatic carbocycles. The molecule has 2 amide bonds. The number of aliphatic imine (C=N–C) groups is 1. The van der Waals surface area contributed by atoms with Gasteiger partial charge in [-0.25, -0.2) is 24.1 Å². The first-order valence-electron chi connectivity index (χ1n) is 9.77. The summed E-state index contributed by atoms with van der Waals surface area (Å²) in [6.45, 7) is 1.67. The summed E-state index contributed by atoms with van der Waals surface area (Å²) in [5, 5.41) is 23.2. The number of anilines is 1. The molecule has 1 atom stereocenters. The Morgan fingerprint density at radius 2 is 2.09 bits per heavy atom. The number of amides is 2. The van der Waals surface area contributed by atoms with Gasteiger partial charge in [-0.3, -0.25) is 15.1 Å². The van der Waals surface area contributed by atoms with E-state index in [1.54, 1.807) is 6.92 Å². The number of nitriles is 1. The van der Waals surface area contributed by atoms with Crippen molar-refractivity contribution in [2.75, 3.05) is 12.4 Å². The van der Waals surface area contributed by atoms with Gasteiger partial charge in [-0.2, -0.15) is 5.26 Å². The van der Waals surface area contributed by atoms with Gasteiger partial charge in [0.05, 0.1) is 26.0 Å². The van der Waals surface area contributed by atoms with Gasteiger partial charge in [0.2, 0.25) is 5.88 Å².